The normalized spacial score (nSPS) is 18.3. The Labute approximate surface area is 166 Å². The number of halogens is 4. The summed E-state index contributed by atoms with van der Waals surface area (Å²) in [6.45, 7) is 1.13. The van der Waals surface area contributed by atoms with E-state index in [9.17, 15) is 32.3 Å². The molecule has 1 aliphatic rings. The van der Waals surface area contributed by atoms with Gasteiger partial charge in [-0.25, -0.2) is 9.69 Å². The van der Waals surface area contributed by atoms with E-state index in [1.807, 2.05) is 0 Å². The monoisotopic (exact) mass is 438 g/mol. The van der Waals surface area contributed by atoms with Gasteiger partial charge in [-0.3, -0.25) is 14.4 Å². The van der Waals surface area contributed by atoms with Crippen LogP contribution in [0.25, 0.3) is 0 Å². The molecule has 2 rings (SSSR count). The highest BCUT2D eigenvalue weighted by molar-refractivity contribution is 8.00. The first-order valence-corrected chi connectivity index (χ1v) is 9.19. The minimum atomic E-state index is -4.76. The van der Waals surface area contributed by atoms with E-state index in [-0.39, 0.29) is 17.9 Å². The summed E-state index contributed by atoms with van der Waals surface area (Å²) < 4.78 is 39.0. The SMILES string of the molecule is CC(=O)NC(CSC1CC(=O)N(c2ccc(Cl)c(C(F)(F)F)c2)C1=O)C(=O)O. The number of benzene rings is 1. The van der Waals surface area contributed by atoms with Crippen LogP contribution in [-0.4, -0.2) is 45.8 Å². The van der Waals surface area contributed by atoms with Crippen LogP contribution in [0.3, 0.4) is 0 Å². The lowest BCUT2D eigenvalue weighted by atomic mass is 10.2. The van der Waals surface area contributed by atoms with Crippen LogP contribution in [-0.2, 0) is 25.4 Å². The van der Waals surface area contributed by atoms with E-state index in [1.165, 1.54) is 0 Å². The van der Waals surface area contributed by atoms with Gasteiger partial charge in [-0.05, 0) is 18.2 Å². The third-order valence-electron chi connectivity index (χ3n) is 3.76. The van der Waals surface area contributed by atoms with Gasteiger partial charge in [-0.2, -0.15) is 13.2 Å². The van der Waals surface area contributed by atoms with E-state index in [0.29, 0.717) is 11.0 Å². The average Bonchev–Trinajstić information content (AvgIpc) is 2.84. The predicted octanol–water partition coefficient (Wildman–Crippen LogP) is 2.31. The van der Waals surface area contributed by atoms with E-state index in [4.69, 9.17) is 16.7 Å². The molecule has 0 aliphatic carbocycles. The predicted molar refractivity (Wildman–Crippen MR) is 95.1 cm³/mol. The van der Waals surface area contributed by atoms with Gasteiger partial charge in [-0.1, -0.05) is 11.6 Å². The smallest absolute Gasteiger partial charge is 0.417 e. The van der Waals surface area contributed by atoms with E-state index in [0.717, 1.165) is 30.8 Å². The van der Waals surface area contributed by atoms with Gasteiger partial charge >= 0.3 is 12.1 Å². The number of anilines is 1. The average molecular weight is 439 g/mol. The maximum absolute atomic E-state index is 13.0. The van der Waals surface area contributed by atoms with Crippen LogP contribution in [0, 0.1) is 0 Å². The maximum Gasteiger partial charge on any atom is 0.417 e. The first-order valence-electron chi connectivity index (χ1n) is 7.77. The van der Waals surface area contributed by atoms with Crippen LogP contribution >= 0.6 is 23.4 Å². The van der Waals surface area contributed by atoms with Gasteiger partial charge in [0.05, 0.1) is 21.5 Å². The molecule has 1 aliphatic heterocycles. The molecule has 0 aromatic heterocycles. The summed E-state index contributed by atoms with van der Waals surface area (Å²) in [4.78, 5) is 47.5. The molecule has 1 heterocycles. The second kappa shape index (κ2) is 8.39. The van der Waals surface area contributed by atoms with Crippen LogP contribution in [0.2, 0.25) is 5.02 Å². The number of thioether (sulfide) groups is 1. The molecule has 1 saturated heterocycles. The van der Waals surface area contributed by atoms with Crippen LogP contribution in [0.4, 0.5) is 18.9 Å². The molecule has 1 aromatic carbocycles. The number of imide groups is 1. The second-order valence-electron chi connectivity index (χ2n) is 5.85. The lowest BCUT2D eigenvalue weighted by Gasteiger charge is -2.18. The number of aliphatic carboxylic acids is 1. The lowest BCUT2D eigenvalue weighted by Crippen LogP contribution is -2.42. The fourth-order valence-electron chi connectivity index (χ4n) is 2.51. The van der Waals surface area contributed by atoms with E-state index < -0.39 is 51.7 Å². The van der Waals surface area contributed by atoms with Crippen LogP contribution < -0.4 is 10.2 Å². The lowest BCUT2D eigenvalue weighted by molar-refractivity contribution is -0.140. The van der Waals surface area contributed by atoms with Crippen molar-refractivity contribution >= 4 is 52.7 Å². The molecular formula is C16H14ClF3N2O5S. The Morgan fingerprint density at radius 3 is 2.57 bits per heavy atom. The highest BCUT2D eigenvalue weighted by atomic mass is 35.5. The zero-order valence-corrected chi connectivity index (χ0v) is 15.8. The number of carbonyl (C=O) groups excluding carboxylic acids is 3. The first kappa shape index (κ1) is 22.0. The van der Waals surface area contributed by atoms with Gasteiger partial charge in [0.2, 0.25) is 17.7 Å². The number of carboxylic acid groups (broad SMARTS) is 1. The molecule has 152 valence electrons. The van der Waals surface area contributed by atoms with Gasteiger partial charge in [0.25, 0.3) is 0 Å². The number of nitrogens with one attached hydrogen (secondary N) is 1. The highest BCUT2D eigenvalue weighted by Crippen LogP contribution is 2.38. The molecule has 12 heteroatoms. The summed E-state index contributed by atoms with van der Waals surface area (Å²) in [7, 11) is 0. The topological polar surface area (TPSA) is 104 Å². The molecule has 1 aromatic rings. The van der Waals surface area contributed by atoms with Gasteiger partial charge in [0.1, 0.15) is 6.04 Å². The van der Waals surface area contributed by atoms with E-state index in [1.54, 1.807) is 0 Å². The van der Waals surface area contributed by atoms with Crippen molar-refractivity contribution in [2.24, 2.45) is 0 Å². The zero-order valence-electron chi connectivity index (χ0n) is 14.2. The summed E-state index contributed by atoms with van der Waals surface area (Å²) >= 11 is 6.37. The largest absolute Gasteiger partial charge is 0.480 e. The Hall–Kier alpha value is -2.27. The van der Waals surface area contributed by atoms with Crippen LogP contribution in [0.15, 0.2) is 18.2 Å². The zero-order chi connectivity index (χ0) is 21.2. The van der Waals surface area contributed by atoms with Crippen molar-refractivity contribution in [3.63, 3.8) is 0 Å². The second-order valence-corrected chi connectivity index (χ2v) is 7.49. The fourth-order valence-corrected chi connectivity index (χ4v) is 3.89. The van der Waals surface area contributed by atoms with Crippen molar-refractivity contribution in [3.05, 3.63) is 28.8 Å². The number of nitrogens with zero attached hydrogens (tertiary/aromatic N) is 1. The summed E-state index contributed by atoms with van der Waals surface area (Å²) in [5, 5.41) is 9.71. The standard InChI is InChI=1S/C16H14ClF3N2O5S/c1-7(23)21-11(15(26)27)6-28-12-5-13(24)22(14(12)25)8-2-3-10(17)9(4-8)16(18,19)20/h2-4,11-12H,5-6H2,1H3,(H,21,23)(H,26,27). The fraction of sp³-hybridized carbons (Fsp3) is 0.375. The summed E-state index contributed by atoms with van der Waals surface area (Å²) in [5.41, 5.74) is -1.45. The van der Waals surface area contributed by atoms with Gasteiger partial charge in [-0.15, -0.1) is 11.8 Å². The molecule has 0 radical (unpaired) electrons. The Kier molecular flexibility index (Phi) is 6.60. The van der Waals surface area contributed by atoms with E-state index in [2.05, 4.69) is 5.32 Å². The van der Waals surface area contributed by atoms with Crippen molar-refractivity contribution in [1.82, 2.24) is 5.32 Å². The van der Waals surface area contributed by atoms with Crippen molar-refractivity contribution in [2.45, 2.75) is 30.8 Å². The number of carbonyl (C=O) groups is 4. The minimum absolute atomic E-state index is 0.194. The van der Waals surface area contributed by atoms with Crippen LogP contribution in [0.5, 0.6) is 0 Å². The molecule has 0 saturated carbocycles. The minimum Gasteiger partial charge on any atom is -0.480 e. The maximum atomic E-state index is 13.0. The number of alkyl halides is 3. The van der Waals surface area contributed by atoms with Crippen molar-refractivity contribution < 1.29 is 37.5 Å². The van der Waals surface area contributed by atoms with Crippen LogP contribution in [0.1, 0.15) is 18.9 Å². The van der Waals surface area contributed by atoms with Gasteiger partial charge < -0.3 is 10.4 Å². The third kappa shape index (κ3) is 4.96. The quantitative estimate of drug-likeness (QED) is 0.661. The van der Waals surface area contributed by atoms with Gasteiger partial charge in [0.15, 0.2) is 0 Å². The number of hydrogen-bond donors (Lipinski definition) is 2. The molecule has 2 atom stereocenters. The summed E-state index contributed by atoms with van der Waals surface area (Å²) in [6.07, 6.45) is -5.07. The number of carboxylic acids is 1. The first-order chi connectivity index (χ1) is 12.9. The molecule has 3 amide bonds. The molecule has 0 bridgehead atoms. The molecule has 2 N–H and O–H groups in total. The molecular weight excluding hydrogens is 425 g/mol. The van der Waals surface area contributed by atoms with Crippen molar-refractivity contribution in [2.75, 3.05) is 10.7 Å². The Morgan fingerprint density at radius 1 is 1.39 bits per heavy atom. The summed E-state index contributed by atoms with van der Waals surface area (Å²) in [5.74, 6) is -3.57. The Morgan fingerprint density at radius 2 is 2.04 bits per heavy atom. The van der Waals surface area contributed by atoms with E-state index >= 15 is 0 Å². The molecule has 0 spiro atoms. The molecule has 1 fully saturated rings. The Bertz CT molecular complexity index is 833. The summed E-state index contributed by atoms with van der Waals surface area (Å²) in [6, 6.07) is 1.41. The highest BCUT2D eigenvalue weighted by Gasteiger charge is 2.42. The molecule has 28 heavy (non-hydrogen) atoms. The number of amides is 3. The number of rotatable bonds is 6. The third-order valence-corrected chi connectivity index (χ3v) is 5.38. The van der Waals surface area contributed by atoms with Gasteiger partial charge in [0, 0.05) is 19.1 Å². The number of hydrogen-bond acceptors (Lipinski definition) is 5. The van der Waals surface area contributed by atoms with Crippen molar-refractivity contribution in [1.29, 1.82) is 0 Å². The van der Waals surface area contributed by atoms with Crippen molar-refractivity contribution in [3.8, 4) is 0 Å². The Balaban J connectivity index is 2.18. The molecule has 2 unspecified atom stereocenters. The molecule has 7 nitrogen and oxygen atoms in total.